The van der Waals surface area contributed by atoms with Crippen molar-refractivity contribution in [3.05, 3.63) is 53.6 Å². The number of alkyl halides is 3. The summed E-state index contributed by atoms with van der Waals surface area (Å²) in [6.07, 6.45) is 2.63. The molecule has 4 rings (SSSR count). The van der Waals surface area contributed by atoms with E-state index in [0.717, 1.165) is 6.42 Å². The Morgan fingerprint density at radius 3 is 2.50 bits per heavy atom. The molecule has 2 aromatic carbocycles. The molecule has 0 N–H and O–H groups in total. The Hall–Kier alpha value is -3.05. The van der Waals surface area contributed by atoms with E-state index in [0.29, 0.717) is 67.9 Å². The smallest absolute Gasteiger partial charge is 0.392 e. The summed E-state index contributed by atoms with van der Waals surface area (Å²) in [7, 11) is -3.30. The van der Waals surface area contributed by atoms with E-state index in [4.69, 9.17) is 4.74 Å². The molecular weight excluding hydrogens is 569 g/mol. The lowest BCUT2D eigenvalue weighted by molar-refractivity contribution is -0.191. The summed E-state index contributed by atoms with van der Waals surface area (Å²) >= 11 is 0. The van der Waals surface area contributed by atoms with Crippen LogP contribution in [0.1, 0.15) is 68.3 Å². The predicted molar refractivity (Wildman–Crippen MR) is 155 cm³/mol. The van der Waals surface area contributed by atoms with E-state index in [-0.39, 0.29) is 28.8 Å². The van der Waals surface area contributed by atoms with E-state index in [2.05, 4.69) is 0 Å². The fourth-order valence-electron chi connectivity index (χ4n) is 6.23. The number of nitrogens with zero attached hydrogens (tertiary/aromatic N) is 2. The fraction of sp³-hybridized carbons (Fsp3) is 0.516. The zero-order valence-electron chi connectivity index (χ0n) is 24.2. The van der Waals surface area contributed by atoms with Crippen molar-refractivity contribution < 1.29 is 35.7 Å². The van der Waals surface area contributed by atoms with Crippen LogP contribution in [0.3, 0.4) is 0 Å². The number of unbranched alkanes of at least 4 members (excludes halogenated alkanes) is 1. The molecule has 230 valence electrons. The van der Waals surface area contributed by atoms with Crippen LogP contribution in [0, 0.1) is 17.8 Å². The van der Waals surface area contributed by atoms with E-state index in [9.17, 15) is 30.9 Å². The molecule has 0 aromatic heterocycles. The first-order valence-electron chi connectivity index (χ1n) is 14.4. The molecule has 0 radical (unpaired) electrons. The minimum absolute atomic E-state index is 0.131. The van der Waals surface area contributed by atoms with Crippen LogP contribution in [-0.2, 0) is 10.1 Å². The maximum Gasteiger partial charge on any atom is 0.392 e. The Morgan fingerprint density at radius 2 is 1.88 bits per heavy atom. The van der Waals surface area contributed by atoms with Crippen LogP contribution < -0.4 is 9.64 Å². The van der Waals surface area contributed by atoms with Crippen molar-refractivity contribution in [1.29, 1.82) is 0 Å². The molecule has 0 spiro atoms. The predicted octanol–water partition coefficient (Wildman–Crippen LogP) is 7.01. The lowest BCUT2D eigenvalue weighted by Crippen LogP contribution is -2.39. The first-order chi connectivity index (χ1) is 19.8. The van der Waals surface area contributed by atoms with Crippen LogP contribution in [0.2, 0.25) is 0 Å². The van der Waals surface area contributed by atoms with Gasteiger partial charge >= 0.3 is 6.18 Å². The third-order valence-corrected chi connectivity index (χ3v) is 9.32. The van der Waals surface area contributed by atoms with Gasteiger partial charge in [0.1, 0.15) is 15.9 Å². The highest BCUT2D eigenvalue weighted by Gasteiger charge is 2.43. The fourth-order valence-corrected chi connectivity index (χ4v) is 6.94. The molecule has 0 aliphatic carbocycles. The minimum atomic E-state index is -4.75. The van der Waals surface area contributed by atoms with Gasteiger partial charge in [-0.2, -0.15) is 13.2 Å². The van der Waals surface area contributed by atoms with Crippen molar-refractivity contribution in [1.82, 2.24) is 4.90 Å². The van der Waals surface area contributed by atoms with Crippen LogP contribution in [0.15, 0.2) is 47.4 Å². The molecule has 0 bridgehead atoms. The number of halogens is 3. The van der Waals surface area contributed by atoms with Gasteiger partial charge in [-0.3, -0.25) is 4.79 Å². The van der Waals surface area contributed by atoms with Crippen molar-refractivity contribution in [2.24, 2.45) is 17.8 Å². The van der Waals surface area contributed by atoms with Crippen LogP contribution in [0.25, 0.3) is 6.08 Å². The highest BCUT2D eigenvalue weighted by Crippen LogP contribution is 2.42. The third-order valence-electron chi connectivity index (χ3n) is 8.46. The largest absolute Gasteiger partial charge is 0.744 e. The molecule has 42 heavy (non-hydrogen) atoms. The molecule has 2 aliphatic rings. The molecule has 1 fully saturated rings. The van der Waals surface area contributed by atoms with E-state index in [1.54, 1.807) is 47.1 Å². The van der Waals surface area contributed by atoms with Crippen LogP contribution in [0.5, 0.6) is 5.75 Å². The summed E-state index contributed by atoms with van der Waals surface area (Å²) < 4.78 is 82.6. The monoisotopic (exact) mass is 607 g/mol. The van der Waals surface area contributed by atoms with Gasteiger partial charge in [0, 0.05) is 25.2 Å². The molecule has 2 atom stereocenters. The standard InChI is InChI=1S/C31H39F3N2O5S/c1-4-5-10-25(31(32,33)34)21(2)19-22-14-17-35(18-15-22)30(37)24-12-13-26(27(20-24)41-3)36-16-7-9-23-8-6-11-28(29(23)36)42(38,39)40/h6-9,11-13,20-22,25H,4-5,10,14-19H2,1-3H3,(H,38,39,40)/p-1. The van der Waals surface area contributed by atoms with Crippen LogP contribution >= 0.6 is 0 Å². The van der Waals surface area contributed by atoms with Crippen LogP contribution in [0.4, 0.5) is 24.5 Å². The number of fused-ring (bicyclic) bond motifs is 1. The summed E-state index contributed by atoms with van der Waals surface area (Å²) in [6.45, 7) is 4.81. The molecule has 2 heterocycles. The van der Waals surface area contributed by atoms with Crippen molar-refractivity contribution in [3.8, 4) is 5.75 Å². The maximum absolute atomic E-state index is 13.6. The molecule has 11 heteroatoms. The zero-order chi connectivity index (χ0) is 30.7. The second kappa shape index (κ2) is 13.1. The topological polar surface area (TPSA) is 90.0 Å². The van der Waals surface area contributed by atoms with Gasteiger partial charge in [0.25, 0.3) is 5.91 Å². The summed E-state index contributed by atoms with van der Waals surface area (Å²) in [5, 5.41) is 0. The van der Waals surface area contributed by atoms with Gasteiger partial charge in [-0.1, -0.05) is 51.0 Å². The number of para-hydroxylation sites is 1. The number of hydrogen-bond donors (Lipinski definition) is 0. The molecule has 2 aliphatic heterocycles. The highest BCUT2D eigenvalue weighted by molar-refractivity contribution is 7.86. The molecule has 2 aromatic rings. The quantitative estimate of drug-likeness (QED) is 0.270. The first-order valence-corrected chi connectivity index (χ1v) is 15.8. The Bertz CT molecular complexity index is 1400. The number of anilines is 2. The van der Waals surface area contributed by atoms with Gasteiger partial charge in [-0.15, -0.1) is 0 Å². The lowest BCUT2D eigenvalue weighted by Gasteiger charge is -2.35. The number of benzene rings is 2. The number of methoxy groups -OCH3 is 1. The number of piperidine rings is 1. The molecule has 7 nitrogen and oxygen atoms in total. The van der Waals surface area contributed by atoms with E-state index in [1.807, 2.05) is 13.0 Å². The molecule has 1 amide bonds. The number of rotatable bonds is 10. The zero-order valence-corrected chi connectivity index (χ0v) is 25.0. The Labute approximate surface area is 246 Å². The Balaban J connectivity index is 1.46. The second-order valence-electron chi connectivity index (χ2n) is 11.3. The van der Waals surface area contributed by atoms with Crippen molar-refractivity contribution in [2.75, 3.05) is 31.6 Å². The van der Waals surface area contributed by atoms with Gasteiger partial charge in [-0.25, -0.2) is 8.42 Å². The van der Waals surface area contributed by atoms with Crippen molar-refractivity contribution in [2.45, 2.75) is 63.4 Å². The maximum atomic E-state index is 13.6. The molecular formula is C31H38F3N2O5S-. The number of carbonyl (C=O) groups is 1. The summed E-state index contributed by atoms with van der Waals surface area (Å²) in [4.78, 5) is 16.5. The molecule has 1 saturated heterocycles. The number of amides is 1. The SMILES string of the molecule is CCCCC(C(C)CC1CCN(C(=O)c2ccc(N3CC=Cc4cccc(S(=O)(=O)[O-])c43)c(OC)c2)CC1)C(F)(F)F. The third kappa shape index (κ3) is 7.11. The summed E-state index contributed by atoms with van der Waals surface area (Å²) in [6, 6.07) is 9.42. The number of likely N-dealkylation sites (tertiary alicyclic amines) is 1. The average molecular weight is 608 g/mol. The minimum Gasteiger partial charge on any atom is -0.744 e. The highest BCUT2D eigenvalue weighted by atomic mass is 32.2. The van der Waals surface area contributed by atoms with Gasteiger partial charge in [0.05, 0.1) is 29.3 Å². The Kier molecular flexibility index (Phi) is 9.92. The van der Waals surface area contributed by atoms with E-state index < -0.39 is 28.1 Å². The van der Waals surface area contributed by atoms with Crippen molar-refractivity contribution >= 4 is 33.5 Å². The normalized spacial score (nSPS) is 17.6. The lowest BCUT2D eigenvalue weighted by atomic mass is 9.79. The molecule has 0 saturated carbocycles. The van der Waals surface area contributed by atoms with Gasteiger partial charge in [-0.05, 0) is 67.3 Å². The van der Waals surface area contributed by atoms with Crippen molar-refractivity contribution in [3.63, 3.8) is 0 Å². The van der Waals surface area contributed by atoms with E-state index in [1.165, 1.54) is 19.2 Å². The number of ether oxygens (including phenoxy) is 1. The Morgan fingerprint density at radius 1 is 1.17 bits per heavy atom. The van der Waals surface area contributed by atoms with Gasteiger partial charge < -0.3 is 19.1 Å². The van der Waals surface area contributed by atoms with Gasteiger partial charge in [0.15, 0.2) is 0 Å². The first kappa shape index (κ1) is 31.9. The molecule has 2 unspecified atom stereocenters. The summed E-state index contributed by atoms with van der Waals surface area (Å²) in [5.41, 5.74) is 1.72. The number of carbonyl (C=O) groups excluding carboxylic acids is 1. The number of hydrogen-bond acceptors (Lipinski definition) is 6. The summed E-state index contributed by atoms with van der Waals surface area (Å²) in [5.74, 6) is -1.49. The van der Waals surface area contributed by atoms with Gasteiger partial charge in [0.2, 0.25) is 0 Å². The van der Waals surface area contributed by atoms with Crippen LogP contribution in [-0.4, -0.2) is 56.7 Å². The average Bonchev–Trinajstić information content (AvgIpc) is 2.95. The second-order valence-corrected chi connectivity index (χ2v) is 12.6. The van der Waals surface area contributed by atoms with E-state index >= 15 is 0 Å².